The molecule has 1 N–H and O–H groups in total. The minimum Gasteiger partial charge on any atom is -0.272 e. The summed E-state index contributed by atoms with van der Waals surface area (Å²) in [6, 6.07) is 8.47. The smallest absolute Gasteiger partial charge is 0.199 e. The molecule has 0 unspecified atom stereocenters. The highest BCUT2D eigenvalue weighted by atomic mass is 32.1. The highest BCUT2D eigenvalue weighted by Crippen LogP contribution is 2.40. The lowest BCUT2D eigenvalue weighted by molar-refractivity contribution is 0.585. The Bertz CT molecular complexity index is 657. The highest BCUT2D eigenvalue weighted by molar-refractivity contribution is 7.71. The molecule has 3 rings (SSSR count). The van der Waals surface area contributed by atoms with Crippen molar-refractivity contribution < 1.29 is 0 Å². The fourth-order valence-corrected chi connectivity index (χ4v) is 2.70. The number of aromatic nitrogens is 3. The number of aromatic amines is 1. The molecule has 0 radical (unpaired) electrons. The van der Waals surface area contributed by atoms with E-state index >= 15 is 0 Å². The van der Waals surface area contributed by atoms with Crippen LogP contribution in [0.5, 0.6) is 0 Å². The van der Waals surface area contributed by atoms with E-state index in [-0.39, 0.29) is 5.41 Å². The van der Waals surface area contributed by atoms with Crippen LogP contribution in [0.4, 0.5) is 0 Å². The Balaban J connectivity index is 2.23. The van der Waals surface area contributed by atoms with E-state index in [4.69, 9.17) is 12.2 Å². The summed E-state index contributed by atoms with van der Waals surface area (Å²) in [7, 11) is 0. The summed E-state index contributed by atoms with van der Waals surface area (Å²) >= 11 is 5.43. The molecule has 0 bridgehead atoms. The number of hydrogen-bond donors (Lipinski definition) is 1. The van der Waals surface area contributed by atoms with Gasteiger partial charge >= 0.3 is 0 Å². The molecule has 0 spiro atoms. The first kappa shape index (κ1) is 12.6. The van der Waals surface area contributed by atoms with Crippen LogP contribution in [0.3, 0.4) is 0 Å². The second-order valence-corrected chi connectivity index (χ2v) is 6.65. The zero-order valence-corrected chi connectivity index (χ0v) is 12.4. The maximum atomic E-state index is 5.43. The zero-order valence-electron chi connectivity index (χ0n) is 11.6. The summed E-state index contributed by atoms with van der Waals surface area (Å²) < 4.78 is 2.81. The molecule has 2 aromatic rings. The lowest BCUT2D eigenvalue weighted by Crippen LogP contribution is -2.16. The summed E-state index contributed by atoms with van der Waals surface area (Å²) in [5.74, 6) is 1.66. The number of nitrogens with zero attached hydrogens (tertiary/aromatic N) is 2. The predicted molar refractivity (Wildman–Crippen MR) is 79.4 cm³/mol. The molecule has 1 aliphatic rings. The topological polar surface area (TPSA) is 33.6 Å². The van der Waals surface area contributed by atoms with Crippen molar-refractivity contribution in [3.8, 4) is 5.69 Å². The normalized spacial score (nSPS) is 15.7. The van der Waals surface area contributed by atoms with Crippen LogP contribution in [0.2, 0.25) is 0 Å². The van der Waals surface area contributed by atoms with Crippen LogP contribution in [-0.2, 0) is 5.41 Å². The molecule has 1 heterocycles. The Hall–Kier alpha value is -1.42. The van der Waals surface area contributed by atoms with Crippen LogP contribution in [0.25, 0.3) is 5.69 Å². The second kappa shape index (κ2) is 4.30. The average Bonchev–Trinajstić information content (AvgIpc) is 3.12. The minimum absolute atomic E-state index is 0.0868. The van der Waals surface area contributed by atoms with Crippen LogP contribution in [-0.4, -0.2) is 14.8 Å². The van der Waals surface area contributed by atoms with Gasteiger partial charge in [0.2, 0.25) is 0 Å². The van der Waals surface area contributed by atoms with E-state index in [0.29, 0.717) is 10.7 Å². The van der Waals surface area contributed by atoms with Gasteiger partial charge in [0.1, 0.15) is 5.82 Å². The quantitative estimate of drug-likeness (QED) is 0.836. The lowest BCUT2D eigenvalue weighted by atomic mass is 9.85. The minimum atomic E-state index is 0.0868. The molecule has 1 aromatic carbocycles. The zero-order chi connectivity index (χ0) is 13.6. The predicted octanol–water partition coefficient (Wildman–Crippen LogP) is 4.10. The number of H-pyrrole nitrogens is 1. The van der Waals surface area contributed by atoms with Gasteiger partial charge in [0.05, 0.1) is 5.69 Å². The Morgan fingerprint density at radius 3 is 2.58 bits per heavy atom. The van der Waals surface area contributed by atoms with Crippen molar-refractivity contribution in [2.75, 3.05) is 0 Å². The molecule has 0 aliphatic heterocycles. The molecule has 19 heavy (non-hydrogen) atoms. The van der Waals surface area contributed by atoms with Gasteiger partial charge in [-0.05, 0) is 42.1 Å². The Kier molecular flexibility index (Phi) is 2.86. The monoisotopic (exact) mass is 273 g/mol. The molecule has 0 amide bonds. The van der Waals surface area contributed by atoms with Crippen molar-refractivity contribution in [1.29, 1.82) is 0 Å². The molecule has 1 saturated carbocycles. The molecule has 3 nitrogen and oxygen atoms in total. The highest BCUT2D eigenvalue weighted by Gasteiger charge is 2.30. The van der Waals surface area contributed by atoms with Crippen molar-refractivity contribution in [3.63, 3.8) is 0 Å². The van der Waals surface area contributed by atoms with Gasteiger partial charge in [-0.25, -0.2) is 0 Å². The Morgan fingerprint density at radius 2 is 1.95 bits per heavy atom. The lowest BCUT2D eigenvalue weighted by Gasteiger charge is -2.23. The molecule has 0 saturated heterocycles. The van der Waals surface area contributed by atoms with Crippen LogP contribution in [0.15, 0.2) is 24.3 Å². The van der Waals surface area contributed by atoms with Gasteiger partial charge in [0.15, 0.2) is 4.77 Å². The van der Waals surface area contributed by atoms with Gasteiger partial charge in [-0.2, -0.15) is 5.10 Å². The van der Waals surface area contributed by atoms with Gasteiger partial charge in [0.25, 0.3) is 0 Å². The first-order valence-electron chi connectivity index (χ1n) is 6.75. The average molecular weight is 273 g/mol. The first-order valence-corrected chi connectivity index (χ1v) is 7.16. The maximum Gasteiger partial charge on any atom is 0.199 e. The van der Waals surface area contributed by atoms with Crippen molar-refractivity contribution in [2.45, 2.75) is 44.9 Å². The van der Waals surface area contributed by atoms with Gasteiger partial charge in [-0.1, -0.05) is 39.0 Å². The van der Waals surface area contributed by atoms with Crippen LogP contribution >= 0.6 is 12.2 Å². The summed E-state index contributed by atoms with van der Waals surface area (Å²) in [5.41, 5.74) is 2.55. The second-order valence-electron chi connectivity index (χ2n) is 6.26. The number of para-hydroxylation sites is 1. The van der Waals surface area contributed by atoms with Crippen molar-refractivity contribution in [1.82, 2.24) is 14.8 Å². The maximum absolute atomic E-state index is 5.43. The van der Waals surface area contributed by atoms with Crippen molar-refractivity contribution >= 4 is 12.2 Å². The standard InChI is InChI=1S/C15H19N3S/c1-15(2,3)11-6-4-5-7-12(11)18-13(10-8-9-10)16-17-14(18)19/h4-7,10H,8-9H2,1-3H3,(H,17,19). The third-order valence-electron chi connectivity index (χ3n) is 3.59. The number of nitrogens with one attached hydrogen (secondary N) is 1. The molecule has 1 aliphatic carbocycles. The van der Waals surface area contributed by atoms with Gasteiger partial charge in [-0.15, -0.1) is 0 Å². The molecule has 1 fully saturated rings. The van der Waals surface area contributed by atoms with E-state index < -0.39 is 0 Å². The Morgan fingerprint density at radius 1 is 1.26 bits per heavy atom. The molecule has 100 valence electrons. The van der Waals surface area contributed by atoms with E-state index in [1.54, 1.807) is 0 Å². The largest absolute Gasteiger partial charge is 0.272 e. The van der Waals surface area contributed by atoms with E-state index in [2.05, 4.69) is 59.8 Å². The third-order valence-corrected chi connectivity index (χ3v) is 3.87. The van der Waals surface area contributed by atoms with Crippen molar-refractivity contribution in [3.05, 3.63) is 40.4 Å². The summed E-state index contributed by atoms with van der Waals surface area (Å²) in [6.45, 7) is 6.69. The van der Waals surface area contributed by atoms with E-state index in [9.17, 15) is 0 Å². The number of benzene rings is 1. The van der Waals surface area contributed by atoms with Crippen LogP contribution in [0.1, 0.15) is 50.9 Å². The summed E-state index contributed by atoms with van der Waals surface area (Å²) in [5, 5.41) is 7.37. The summed E-state index contributed by atoms with van der Waals surface area (Å²) in [4.78, 5) is 0. The molecule has 1 aromatic heterocycles. The number of rotatable bonds is 2. The van der Waals surface area contributed by atoms with Crippen molar-refractivity contribution in [2.24, 2.45) is 0 Å². The van der Waals surface area contributed by atoms with E-state index in [0.717, 1.165) is 11.5 Å². The fourth-order valence-electron chi connectivity index (χ4n) is 2.46. The van der Waals surface area contributed by atoms with Gasteiger partial charge in [0, 0.05) is 5.92 Å². The Labute approximate surface area is 118 Å². The fraction of sp³-hybridized carbons (Fsp3) is 0.467. The van der Waals surface area contributed by atoms with Crippen LogP contribution in [0, 0.1) is 4.77 Å². The van der Waals surface area contributed by atoms with Gasteiger partial charge in [-0.3, -0.25) is 9.67 Å². The van der Waals surface area contributed by atoms with Crippen LogP contribution < -0.4 is 0 Å². The third kappa shape index (κ3) is 2.25. The molecular formula is C15H19N3S. The summed E-state index contributed by atoms with van der Waals surface area (Å²) in [6.07, 6.45) is 2.44. The first-order chi connectivity index (χ1) is 8.98. The SMILES string of the molecule is CC(C)(C)c1ccccc1-n1c(C2CC2)n[nH]c1=S. The molecular weight excluding hydrogens is 254 g/mol. The van der Waals surface area contributed by atoms with Gasteiger partial charge < -0.3 is 0 Å². The van der Waals surface area contributed by atoms with E-state index in [1.807, 2.05) is 0 Å². The number of hydrogen-bond acceptors (Lipinski definition) is 2. The molecule has 0 atom stereocenters. The van der Waals surface area contributed by atoms with E-state index in [1.165, 1.54) is 18.4 Å². The molecule has 4 heteroatoms.